The van der Waals surface area contributed by atoms with Crippen molar-refractivity contribution in [2.24, 2.45) is 0 Å². The van der Waals surface area contributed by atoms with Gasteiger partial charge in [0.25, 0.3) is 0 Å². The number of nitrogens with one attached hydrogen (secondary N) is 1. The zero-order chi connectivity index (χ0) is 18.1. The predicted octanol–water partition coefficient (Wildman–Crippen LogP) is 4.55. The number of thiophene rings is 1. The maximum atomic E-state index is 12.5. The van der Waals surface area contributed by atoms with Crippen LogP contribution in [0.5, 0.6) is 0 Å². The van der Waals surface area contributed by atoms with Crippen molar-refractivity contribution in [3.63, 3.8) is 0 Å². The highest BCUT2D eigenvalue weighted by atomic mass is 32.1. The van der Waals surface area contributed by atoms with Crippen molar-refractivity contribution in [2.75, 3.05) is 5.32 Å². The number of allylic oxidation sites excluding steroid dienone is 1. The van der Waals surface area contributed by atoms with E-state index >= 15 is 0 Å². The zero-order valence-electron chi connectivity index (χ0n) is 13.5. The van der Waals surface area contributed by atoms with E-state index in [-0.39, 0.29) is 10.6 Å². The lowest BCUT2D eigenvalue weighted by Gasteiger charge is -2.20. The van der Waals surface area contributed by atoms with Gasteiger partial charge in [-0.25, -0.2) is 4.79 Å². The van der Waals surface area contributed by atoms with E-state index in [4.69, 9.17) is 4.74 Å². The van der Waals surface area contributed by atoms with Gasteiger partial charge in [-0.05, 0) is 40.0 Å². The van der Waals surface area contributed by atoms with Gasteiger partial charge in [0.05, 0.1) is 0 Å². The first-order valence-corrected chi connectivity index (χ1v) is 8.24. The second kappa shape index (κ2) is 6.58. The molecule has 0 bridgehead atoms. The molecule has 0 radical (unpaired) electrons. The molecule has 0 atom stereocenters. The maximum Gasteiger partial charge on any atom is 0.471 e. The highest BCUT2D eigenvalue weighted by molar-refractivity contribution is 7.17. The molecule has 8 heteroatoms. The van der Waals surface area contributed by atoms with E-state index < -0.39 is 23.7 Å². The van der Waals surface area contributed by atoms with Gasteiger partial charge < -0.3 is 10.1 Å². The molecular weight excluding hydrogens is 343 g/mol. The van der Waals surface area contributed by atoms with Gasteiger partial charge in [0.1, 0.15) is 16.2 Å². The Bertz CT molecular complexity index is 684. The molecule has 132 valence electrons. The second-order valence-corrected chi connectivity index (χ2v) is 7.50. The van der Waals surface area contributed by atoms with Gasteiger partial charge in [-0.2, -0.15) is 13.2 Å². The van der Waals surface area contributed by atoms with Crippen molar-refractivity contribution in [3.8, 4) is 0 Å². The van der Waals surface area contributed by atoms with Crippen molar-refractivity contribution >= 4 is 34.3 Å². The average Bonchev–Trinajstić information content (AvgIpc) is 2.58. The molecule has 1 aromatic heterocycles. The minimum Gasteiger partial charge on any atom is -0.456 e. The molecular formula is C16H18F3NO3S. The number of esters is 1. The van der Waals surface area contributed by atoms with Crippen LogP contribution in [0.25, 0.3) is 6.08 Å². The summed E-state index contributed by atoms with van der Waals surface area (Å²) in [4.78, 5) is 24.5. The second-order valence-electron chi connectivity index (χ2n) is 6.39. The Kier molecular flexibility index (Phi) is 5.08. The first-order valence-electron chi connectivity index (χ1n) is 7.43. The van der Waals surface area contributed by atoms with Crippen molar-refractivity contribution < 1.29 is 27.5 Å². The molecule has 1 aromatic rings. The number of hydrogen-bond donors (Lipinski definition) is 1. The lowest BCUT2D eigenvalue weighted by molar-refractivity contribution is -0.167. The molecule has 4 nitrogen and oxygen atoms in total. The van der Waals surface area contributed by atoms with Crippen LogP contribution in [-0.2, 0) is 16.0 Å². The SMILES string of the molecule is CC(C)(C)OC(=O)c1c(NC(=O)C(F)(F)F)sc2c1C=CCCC2. The van der Waals surface area contributed by atoms with Gasteiger partial charge in [0.15, 0.2) is 0 Å². The van der Waals surface area contributed by atoms with Crippen LogP contribution < -0.4 is 5.32 Å². The quantitative estimate of drug-likeness (QED) is 0.786. The molecule has 0 fully saturated rings. The molecule has 1 heterocycles. The van der Waals surface area contributed by atoms with E-state index in [9.17, 15) is 22.8 Å². The fraction of sp³-hybridized carbons (Fsp3) is 0.500. The molecule has 1 aliphatic carbocycles. The van der Waals surface area contributed by atoms with E-state index in [0.29, 0.717) is 12.0 Å². The van der Waals surface area contributed by atoms with Crippen molar-refractivity contribution in [3.05, 3.63) is 22.1 Å². The van der Waals surface area contributed by atoms with Gasteiger partial charge in [0.2, 0.25) is 0 Å². The Balaban J connectivity index is 2.46. The van der Waals surface area contributed by atoms with Crippen LogP contribution in [0.15, 0.2) is 6.08 Å². The van der Waals surface area contributed by atoms with Crippen LogP contribution in [0.1, 0.15) is 54.4 Å². The molecule has 0 spiro atoms. The van der Waals surface area contributed by atoms with Crippen LogP contribution in [0, 0.1) is 0 Å². The molecule has 0 saturated heterocycles. The van der Waals surface area contributed by atoms with Crippen molar-refractivity contribution in [1.82, 2.24) is 0 Å². The number of hydrogen-bond acceptors (Lipinski definition) is 4. The summed E-state index contributed by atoms with van der Waals surface area (Å²) in [5.41, 5.74) is -0.282. The molecule has 0 aromatic carbocycles. The monoisotopic (exact) mass is 361 g/mol. The van der Waals surface area contributed by atoms with E-state index in [0.717, 1.165) is 29.1 Å². The Morgan fingerprint density at radius 2 is 1.92 bits per heavy atom. The van der Waals surface area contributed by atoms with E-state index in [1.54, 1.807) is 26.8 Å². The van der Waals surface area contributed by atoms with Crippen LogP contribution in [0.3, 0.4) is 0 Å². The Morgan fingerprint density at radius 1 is 1.25 bits per heavy atom. The number of carbonyl (C=O) groups excluding carboxylic acids is 2. The topological polar surface area (TPSA) is 55.4 Å². The van der Waals surface area contributed by atoms with Gasteiger partial charge in [0, 0.05) is 10.4 Å². The Labute approximate surface area is 141 Å². The summed E-state index contributed by atoms with van der Waals surface area (Å²) < 4.78 is 42.9. The largest absolute Gasteiger partial charge is 0.471 e. The number of amides is 1. The van der Waals surface area contributed by atoms with Gasteiger partial charge in [-0.1, -0.05) is 12.2 Å². The van der Waals surface area contributed by atoms with Crippen LogP contribution in [0.4, 0.5) is 18.2 Å². The van der Waals surface area contributed by atoms with Crippen molar-refractivity contribution in [1.29, 1.82) is 0 Å². The van der Waals surface area contributed by atoms with E-state index in [1.165, 1.54) is 0 Å². The fourth-order valence-electron chi connectivity index (χ4n) is 2.23. The van der Waals surface area contributed by atoms with Gasteiger partial charge >= 0.3 is 18.1 Å². The Morgan fingerprint density at radius 3 is 2.50 bits per heavy atom. The average molecular weight is 361 g/mol. The van der Waals surface area contributed by atoms with Gasteiger partial charge in [-0.3, -0.25) is 4.79 Å². The number of rotatable bonds is 2. The molecule has 1 N–H and O–H groups in total. The minimum atomic E-state index is -5.03. The summed E-state index contributed by atoms with van der Waals surface area (Å²) in [5, 5.41) is 1.69. The number of anilines is 1. The third kappa shape index (κ3) is 4.37. The number of halogens is 3. The van der Waals surface area contributed by atoms with Gasteiger partial charge in [-0.15, -0.1) is 11.3 Å². The third-order valence-corrected chi connectivity index (χ3v) is 4.35. The summed E-state index contributed by atoms with van der Waals surface area (Å²) in [5.74, 6) is -2.85. The lowest BCUT2D eigenvalue weighted by atomic mass is 10.1. The third-order valence-electron chi connectivity index (χ3n) is 3.17. The maximum absolute atomic E-state index is 12.5. The highest BCUT2D eigenvalue weighted by Crippen LogP contribution is 2.38. The minimum absolute atomic E-state index is 0.0133. The van der Waals surface area contributed by atoms with Crippen LogP contribution in [-0.4, -0.2) is 23.7 Å². The number of fused-ring (bicyclic) bond motifs is 1. The molecule has 0 saturated carbocycles. The Hall–Kier alpha value is -1.83. The van der Waals surface area contributed by atoms with Crippen LogP contribution >= 0.6 is 11.3 Å². The number of carbonyl (C=O) groups is 2. The highest BCUT2D eigenvalue weighted by Gasteiger charge is 2.40. The smallest absolute Gasteiger partial charge is 0.456 e. The van der Waals surface area contributed by atoms with E-state index in [2.05, 4.69) is 0 Å². The molecule has 0 aliphatic heterocycles. The fourth-order valence-corrected chi connectivity index (χ4v) is 3.44. The summed E-state index contributed by atoms with van der Waals surface area (Å²) in [6, 6.07) is 0. The standard InChI is InChI=1S/C16H18F3NO3S/c1-15(2,3)23-13(21)11-9-7-5-4-6-8-10(9)24-12(11)20-14(22)16(17,18)19/h5,7H,4,6,8H2,1-3H3,(H,20,22). The summed E-state index contributed by atoms with van der Waals surface area (Å²) in [7, 11) is 0. The van der Waals surface area contributed by atoms with E-state index in [1.807, 2.05) is 11.4 Å². The number of ether oxygens (including phenoxy) is 1. The molecule has 1 aliphatic rings. The van der Waals surface area contributed by atoms with Crippen molar-refractivity contribution in [2.45, 2.75) is 51.8 Å². The zero-order valence-corrected chi connectivity index (χ0v) is 14.4. The summed E-state index contributed by atoms with van der Waals surface area (Å²) in [6.45, 7) is 5.00. The summed E-state index contributed by atoms with van der Waals surface area (Å²) >= 11 is 0.990. The lowest BCUT2D eigenvalue weighted by Crippen LogP contribution is -2.30. The molecule has 1 amide bonds. The first kappa shape index (κ1) is 18.5. The summed E-state index contributed by atoms with van der Waals surface area (Å²) in [6.07, 6.45) is 0.820. The molecule has 24 heavy (non-hydrogen) atoms. The van der Waals surface area contributed by atoms with Crippen LogP contribution in [0.2, 0.25) is 0 Å². The normalized spacial score (nSPS) is 14.8. The first-order chi connectivity index (χ1) is 11.0. The molecule has 0 unspecified atom stereocenters. The number of alkyl halides is 3. The molecule has 2 rings (SSSR count). The number of aryl methyl sites for hydroxylation is 1. The predicted molar refractivity (Wildman–Crippen MR) is 86.1 cm³/mol.